The number of methoxy groups -OCH3 is 1. The molecule has 0 saturated carbocycles. The minimum absolute atomic E-state index is 0.0481. The van der Waals surface area contributed by atoms with E-state index in [2.05, 4.69) is 0 Å². The first-order valence-electron chi connectivity index (χ1n) is 6.82. The zero-order chi connectivity index (χ0) is 17.4. The van der Waals surface area contributed by atoms with Gasteiger partial charge in [-0.05, 0) is 29.8 Å². The number of amides is 2. The Morgan fingerprint density at radius 3 is 2.25 bits per heavy atom. The first-order chi connectivity index (χ1) is 11.4. The van der Waals surface area contributed by atoms with E-state index >= 15 is 0 Å². The fraction of sp³-hybridized carbons (Fsp3) is 0.0588. The molecule has 0 bridgehead atoms. The molecule has 0 aliphatic carbocycles. The van der Waals surface area contributed by atoms with Crippen molar-refractivity contribution in [1.29, 1.82) is 0 Å². The predicted molar refractivity (Wildman–Crippen MR) is 84.6 cm³/mol. The molecule has 2 aromatic rings. The normalized spacial score (nSPS) is 14.6. The van der Waals surface area contributed by atoms with Gasteiger partial charge in [0.2, 0.25) is 0 Å². The number of hydrogen-bond acceptors (Lipinski definition) is 3. The lowest BCUT2D eigenvalue weighted by Crippen LogP contribution is -2.32. The second-order valence-corrected chi connectivity index (χ2v) is 5.34. The van der Waals surface area contributed by atoms with E-state index < -0.39 is 23.4 Å². The SMILES string of the molecule is COc1ccc(C2=C(Cl)C(=O)N(c3ccc(F)cc3F)C2=O)cc1. The van der Waals surface area contributed by atoms with E-state index in [0.717, 1.165) is 12.1 Å². The molecule has 122 valence electrons. The van der Waals surface area contributed by atoms with Crippen molar-refractivity contribution in [1.82, 2.24) is 0 Å². The van der Waals surface area contributed by atoms with E-state index in [1.54, 1.807) is 24.3 Å². The van der Waals surface area contributed by atoms with Gasteiger partial charge in [-0.3, -0.25) is 9.59 Å². The maximum absolute atomic E-state index is 13.9. The van der Waals surface area contributed by atoms with Crippen molar-refractivity contribution in [2.75, 3.05) is 12.0 Å². The molecular weight excluding hydrogens is 340 g/mol. The van der Waals surface area contributed by atoms with Crippen LogP contribution in [0.25, 0.3) is 5.57 Å². The molecule has 0 spiro atoms. The van der Waals surface area contributed by atoms with Crippen molar-refractivity contribution >= 4 is 34.7 Å². The summed E-state index contributed by atoms with van der Waals surface area (Å²) in [4.78, 5) is 25.5. The molecular formula is C17H10ClF2NO3. The monoisotopic (exact) mass is 349 g/mol. The van der Waals surface area contributed by atoms with Gasteiger partial charge in [-0.15, -0.1) is 0 Å². The highest BCUT2D eigenvalue weighted by molar-refractivity contribution is 6.60. The summed E-state index contributed by atoms with van der Waals surface area (Å²) in [6, 6.07) is 8.89. The van der Waals surface area contributed by atoms with Crippen molar-refractivity contribution in [2.24, 2.45) is 0 Å². The highest BCUT2D eigenvalue weighted by Crippen LogP contribution is 2.36. The summed E-state index contributed by atoms with van der Waals surface area (Å²) < 4.78 is 32.0. The van der Waals surface area contributed by atoms with E-state index in [0.29, 0.717) is 22.3 Å². The Balaban J connectivity index is 2.04. The molecule has 4 nitrogen and oxygen atoms in total. The summed E-state index contributed by atoms with van der Waals surface area (Å²) >= 11 is 6.00. The minimum atomic E-state index is -1.03. The lowest BCUT2D eigenvalue weighted by molar-refractivity contribution is -0.119. The van der Waals surface area contributed by atoms with Crippen LogP contribution in [-0.2, 0) is 9.59 Å². The van der Waals surface area contributed by atoms with Gasteiger partial charge in [0.05, 0.1) is 18.4 Å². The van der Waals surface area contributed by atoms with Crippen molar-refractivity contribution in [3.05, 3.63) is 64.7 Å². The maximum atomic E-state index is 13.9. The molecule has 7 heteroatoms. The number of benzene rings is 2. The Labute approximate surface area is 140 Å². The van der Waals surface area contributed by atoms with Crippen LogP contribution >= 0.6 is 11.6 Å². The summed E-state index contributed by atoms with van der Waals surface area (Å²) in [6.07, 6.45) is 0. The minimum Gasteiger partial charge on any atom is -0.497 e. The lowest BCUT2D eigenvalue weighted by Gasteiger charge is -2.15. The number of rotatable bonds is 3. The second-order valence-electron chi connectivity index (χ2n) is 4.96. The third-order valence-corrected chi connectivity index (χ3v) is 3.91. The zero-order valence-corrected chi connectivity index (χ0v) is 13.1. The Morgan fingerprint density at radius 2 is 1.67 bits per heavy atom. The van der Waals surface area contributed by atoms with Gasteiger partial charge in [0.1, 0.15) is 22.4 Å². The number of carbonyl (C=O) groups is 2. The van der Waals surface area contributed by atoms with Crippen molar-refractivity contribution < 1.29 is 23.1 Å². The number of hydrogen-bond donors (Lipinski definition) is 0. The van der Waals surface area contributed by atoms with Crippen molar-refractivity contribution in [3.8, 4) is 5.75 Å². The van der Waals surface area contributed by atoms with Gasteiger partial charge in [-0.2, -0.15) is 0 Å². The first-order valence-corrected chi connectivity index (χ1v) is 7.20. The first kappa shape index (κ1) is 16.1. The standard InChI is InChI=1S/C17H10ClF2NO3/c1-24-11-5-2-9(3-6-11)14-15(18)17(23)21(16(14)22)13-7-4-10(19)8-12(13)20/h2-8H,1H3. The van der Waals surface area contributed by atoms with E-state index in [9.17, 15) is 18.4 Å². The van der Waals surface area contributed by atoms with Crippen LogP contribution in [0.15, 0.2) is 47.5 Å². The second kappa shape index (κ2) is 6.05. The smallest absolute Gasteiger partial charge is 0.277 e. The van der Waals surface area contributed by atoms with Gasteiger partial charge < -0.3 is 4.74 Å². The Morgan fingerprint density at radius 1 is 1.00 bits per heavy atom. The molecule has 0 saturated heterocycles. The van der Waals surface area contributed by atoms with Crippen molar-refractivity contribution in [2.45, 2.75) is 0 Å². The molecule has 0 atom stereocenters. The van der Waals surface area contributed by atoms with Gasteiger partial charge in [0, 0.05) is 6.07 Å². The molecule has 24 heavy (non-hydrogen) atoms. The summed E-state index contributed by atoms with van der Waals surface area (Å²) in [7, 11) is 1.49. The van der Waals surface area contributed by atoms with Crippen LogP contribution in [0.5, 0.6) is 5.75 Å². The average molecular weight is 350 g/mol. The summed E-state index contributed by atoms with van der Waals surface area (Å²) in [5, 5.41) is -0.325. The summed E-state index contributed by atoms with van der Waals surface area (Å²) in [5.74, 6) is -2.92. The number of imide groups is 1. The molecule has 0 fully saturated rings. The fourth-order valence-corrected chi connectivity index (χ4v) is 2.67. The maximum Gasteiger partial charge on any atom is 0.277 e. The Hall–Kier alpha value is -2.73. The Bertz CT molecular complexity index is 878. The summed E-state index contributed by atoms with van der Waals surface area (Å²) in [6.45, 7) is 0. The zero-order valence-electron chi connectivity index (χ0n) is 12.3. The third-order valence-electron chi connectivity index (χ3n) is 3.56. The predicted octanol–water partition coefficient (Wildman–Crippen LogP) is 3.50. The van der Waals surface area contributed by atoms with Gasteiger partial charge in [-0.1, -0.05) is 23.7 Å². The number of anilines is 1. The van der Waals surface area contributed by atoms with E-state index in [4.69, 9.17) is 16.3 Å². The van der Waals surface area contributed by atoms with Crippen molar-refractivity contribution in [3.63, 3.8) is 0 Å². The van der Waals surface area contributed by atoms with Crippen LogP contribution in [0.4, 0.5) is 14.5 Å². The number of nitrogens with zero attached hydrogens (tertiary/aromatic N) is 1. The van der Waals surface area contributed by atoms with E-state index in [-0.39, 0.29) is 16.3 Å². The molecule has 1 aliphatic rings. The molecule has 0 N–H and O–H groups in total. The topological polar surface area (TPSA) is 46.6 Å². The van der Waals surface area contributed by atoms with Crippen LogP contribution < -0.4 is 9.64 Å². The lowest BCUT2D eigenvalue weighted by atomic mass is 10.1. The molecule has 1 heterocycles. The highest BCUT2D eigenvalue weighted by atomic mass is 35.5. The molecule has 2 aromatic carbocycles. The number of halogens is 3. The van der Waals surface area contributed by atoms with Gasteiger partial charge >= 0.3 is 0 Å². The molecule has 0 unspecified atom stereocenters. The quantitative estimate of drug-likeness (QED) is 0.797. The number of ether oxygens (including phenoxy) is 1. The van der Waals surface area contributed by atoms with Crippen LogP contribution in [0.2, 0.25) is 0 Å². The number of carbonyl (C=O) groups excluding carboxylic acids is 2. The Kier molecular flexibility index (Phi) is 4.07. The molecule has 2 amide bonds. The fourth-order valence-electron chi connectivity index (χ4n) is 2.39. The van der Waals surface area contributed by atoms with E-state index in [1.807, 2.05) is 0 Å². The van der Waals surface area contributed by atoms with Gasteiger partial charge in [-0.25, -0.2) is 13.7 Å². The summed E-state index contributed by atoms with van der Waals surface area (Å²) in [5.41, 5.74) is -0.00900. The molecule has 1 aliphatic heterocycles. The van der Waals surface area contributed by atoms with Crippen LogP contribution in [0.3, 0.4) is 0 Å². The largest absolute Gasteiger partial charge is 0.497 e. The average Bonchev–Trinajstić information content (AvgIpc) is 2.78. The molecule has 3 rings (SSSR count). The highest BCUT2D eigenvalue weighted by Gasteiger charge is 2.40. The van der Waals surface area contributed by atoms with Gasteiger partial charge in [0.15, 0.2) is 0 Å². The van der Waals surface area contributed by atoms with Crippen LogP contribution in [-0.4, -0.2) is 18.9 Å². The van der Waals surface area contributed by atoms with Crippen LogP contribution in [0.1, 0.15) is 5.56 Å². The molecule has 0 aromatic heterocycles. The van der Waals surface area contributed by atoms with E-state index in [1.165, 1.54) is 7.11 Å². The van der Waals surface area contributed by atoms with Crippen LogP contribution in [0, 0.1) is 11.6 Å². The third kappa shape index (κ3) is 2.55. The molecule has 0 radical (unpaired) electrons. The van der Waals surface area contributed by atoms with Gasteiger partial charge in [0.25, 0.3) is 11.8 Å².